The Kier molecular flexibility index (Phi) is 3.35. The molecule has 112 valence electrons. The number of aromatic carboxylic acids is 1. The maximum atomic E-state index is 12.3. The van der Waals surface area contributed by atoms with Gasteiger partial charge in [-0.1, -0.05) is 13.8 Å². The van der Waals surface area contributed by atoms with E-state index >= 15 is 0 Å². The first kappa shape index (κ1) is 13.9. The fourth-order valence-electron chi connectivity index (χ4n) is 3.62. The normalized spacial score (nSPS) is 26.1. The Hall–Kier alpha value is -2.04. The molecule has 0 amide bonds. The summed E-state index contributed by atoms with van der Waals surface area (Å²) in [7, 11) is 0. The molecule has 0 aliphatic heterocycles. The summed E-state index contributed by atoms with van der Waals surface area (Å²) < 4.78 is 1.76. The highest BCUT2D eigenvalue weighted by atomic mass is 16.4. The van der Waals surface area contributed by atoms with Crippen molar-refractivity contribution in [2.24, 2.45) is 11.8 Å². The van der Waals surface area contributed by atoms with Gasteiger partial charge in [-0.25, -0.2) is 9.59 Å². The van der Waals surface area contributed by atoms with Gasteiger partial charge in [-0.15, -0.1) is 0 Å². The number of hydrogen-bond donors (Lipinski definition) is 2. The number of aromatic nitrogens is 2. The van der Waals surface area contributed by atoms with Crippen LogP contribution in [0.5, 0.6) is 0 Å². The molecule has 21 heavy (non-hydrogen) atoms. The lowest BCUT2D eigenvalue weighted by molar-refractivity contribution is 0.0697. The van der Waals surface area contributed by atoms with Crippen molar-refractivity contribution < 1.29 is 9.90 Å². The number of carbonyl (C=O) groups is 1. The Morgan fingerprint density at radius 1 is 1.33 bits per heavy atom. The Labute approximate surface area is 122 Å². The standard InChI is InChI=1S/C16H20N2O3/c1-9-3-6-13(10(2)7-9)18-14-8-11(15(19)20)4-5-12(14)17-16(18)21/h4-5,8-10,13H,3,6-7H2,1-2H3,(H,17,21)(H,19,20). The first-order chi connectivity index (χ1) is 9.97. The maximum absolute atomic E-state index is 12.3. The third-order valence-electron chi connectivity index (χ3n) is 4.68. The van der Waals surface area contributed by atoms with Gasteiger partial charge in [0.15, 0.2) is 0 Å². The van der Waals surface area contributed by atoms with Crippen molar-refractivity contribution in [2.45, 2.75) is 39.2 Å². The molecule has 0 saturated heterocycles. The molecule has 1 aromatic heterocycles. The third-order valence-corrected chi connectivity index (χ3v) is 4.68. The van der Waals surface area contributed by atoms with Gasteiger partial charge in [-0.3, -0.25) is 4.57 Å². The molecule has 0 bridgehead atoms. The van der Waals surface area contributed by atoms with E-state index in [9.17, 15) is 9.59 Å². The molecule has 3 unspecified atom stereocenters. The van der Waals surface area contributed by atoms with E-state index < -0.39 is 5.97 Å². The zero-order valence-electron chi connectivity index (χ0n) is 12.3. The second kappa shape index (κ2) is 5.06. The quantitative estimate of drug-likeness (QED) is 0.892. The van der Waals surface area contributed by atoms with Crippen molar-refractivity contribution in [3.63, 3.8) is 0 Å². The molecule has 1 aromatic carbocycles. The van der Waals surface area contributed by atoms with Gasteiger partial charge in [0.25, 0.3) is 0 Å². The number of rotatable bonds is 2. The number of carboxylic acid groups (broad SMARTS) is 1. The highest BCUT2D eigenvalue weighted by Crippen LogP contribution is 2.37. The largest absolute Gasteiger partial charge is 0.478 e. The predicted octanol–water partition coefficient (Wildman–Crippen LogP) is 3.03. The molecule has 1 saturated carbocycles. The Balaban J connectivity index is 2.13. The molecule has 3 rings (SSSR count). The van der Waals surface area contributed by atoms with Crippen LogP contribution < -0.4 is 5.69 Å². The number of nitrogens with zero attached hydrogens (tertiary/aromatic N) is 1. The van der Waals surface area contributed by atoms with Gasteiger partial charge in [0, 0.05) is 6.04 Å². The summed E-state index contributed by atoms with van der Waals surface area (Å²) in [5.74, 6) is 0.132. The van der Waals surface area contributed by atoms with Gasteiger partial charge in [-0.2, -0.15) is 0 Å². The molecule has 1 aliphatic carbocycles. The van der Waals surface area contributed by atoms with Crippen LogP contribution in [0.15, 0.2) is 23.0 Å². The van der Waals surface area contributed by atoms with Crippen LogP contribution in [0.3, 0.4) is 0 Å². The minimum absolute atomic E-state index is 0.140. The van der Waals surface area contributed by atoms with Crippen molar-refractivity contribution >= 4 is 17.0 Å². The number of H-pyrrole nitrogens is 1. The summed E-state index contributed by atoms with van der Waals surface area (Å²) in [4.78, 5) is 26.3. The number of nitrogens with one attached hydrogen (secondary N) is 1. The predicted molar refractivity (Wildman–Crippen MR) is 80.7 cm³/mol. The van der Waals surface area contributed by atoms with E-state index in [1.807, 2.05) is 0 Å². The molecule has 5 nitrogen and oxygen atoms in total. The molecular weight excluding hydrogens is 268 g/mol. The summed E-state index contributed by atoms with van der Waals surface area (Å²) in [5, 5.41) is 9.14. The van der Waals surface area contributed by atoms with Crippen molar-refractivity contribution in [1.82, 2.24) is 9.55 Å². The number of imidazole rings is 1. The molecule has 2 aromatic rings. The van der Waals surface area contributed by atoms with Crippen LogP contribution in [0.4, 0.5) is 0 Å². The molecule has 3 atom stereocenters. The highest BCUT2D eigenvalue weighted by Gasteiger charge is 2.29. The van der Waals surface area contributed by atoms with Gasteiger partial charge in [0.2, 0.25) is 0 Å². The van der Waals surface area contributed by atoms with E-state index in [-0.39, 0.29) is 17.3 Å². The average molecular weight is 288 g/mol. The van der Waals surface area contributed by atoms with E-state index in [4.69, 9.17) is 5.11 Å². The fraction of sp³-hybridized carbons (Fsp3) is 0.500. The van der Waals surface area contributed by atoms with Crippen LogP contribution in [0.2, 0.25) is 0 Å². The molecule has 2 N–H and O–H groups in total. The topological polar surface area (TPSA) is 75.1 Å². The average Bonchev–Trinajstić information content (AvgIpc) is 2.74. The number of benzene rings is 1. The fourth-order valence-corrected chi connectivity index (χ4v) is 3.62. The minimum Gasteiger partial charge on any atom is -0.478 e. The summed E-state index contributed by atoms with van der Waals surface area (Å²) in [6, 6.07) is 4.94. The van der Waals surface area contributed by atoms with Crippen molar-refractivity contribution in [3.05, 3.63) is 34.2 Å². The lowest BCUT2D eigenvalue weighted by Crippen LogP contribution is -2.31. The van der Waals surface area contributed by atoms with E-state index in [2.05, 4.69) is 18.8 Å². The van der Waals surface area contributed by atoms with Crippen LogP contribution in [0.1, 0.15) is 49.5 Å². The second-order valence-electron chi connectivity index (χ2n) is 6.30. The van der Waals surface area contributed by atoms with Gasteiger partial charge in [-0.05, 0) is 49.3 Å². The number of aromatic amines is 1. The van der Waals surface area contributed by atoms with Crippen molar-refractivity contribution in [1.29, 1.82) is 0 Å². The SMILES string of the molecule is CC1CCC(n2c(=O)[nH]c3ccc(C(=O)O)cc32)C(C)C1. The molecule has 1 aliphatic rings. The first-order valence-electron chi connectivity index (χ1n) is 7.45. The minimum atomic E-state index is -0.970. The smallest absolute Gasteiger partial charge is 0.335 e. The summed E-state index contributed by atoms with van der Waals surface area (Å²) >= 11 is 0. The van der Waals surface area contributed by atoms with Gasteiger partial charge in [0.1, 0.15) is 0 Å². The first-order valence-corrected chi connectivity index (χ1v) is 7.45. The molecule has 1 fully saturated rings. The van der Waals surface area contributed by atoms with E-state index in [1.165, 1.54) is 6.07 Å². The van der Waals surface area contributed by atoms with Crippen molar-refractivity contribution in [3.8, 4) is 0 Å². The van der Waals surface area contributed by atoms with Gasteiger partial charge in [0.05, 0.1) is 16.6 Å². The third kappa shape index (κ3) is 2.37. The monoisotopic (exact) mass is 288 g/mol. The van der Waals surface area contributed by atoms with Crippen LogP contribution in [-0.4, -0.2) is 20.6 Å². The Morgan fingerprint density at radius 3 is 2.76 bits per heavy atom. The van der Waals surface area contributed by atoms with Crippen LogP contribution in [-0.2, 0) is 0 Å². The van der Waals surface area contributed by atoms with E-state index in [0.717, 1.165) is 19.3 Å². The summed E-state index contributed by atoms with van der Waals surface area (Å²) in [6.45, 7) is 4.42. The summed E-state index contributed by atoms with van der Waals surface area (Å²) in [6.07, 6.45) is 3.17. The zero-order chi connectivity index (χ0) is 15.1. The summed E-state index contributed by atoms with van der Waals surface area (Å²) in [5.41, 5.74) is 1.48. The van der Waals surface area contributed by atoms with Crippen LogP contribution in [0, 0.1) is 11.8 Å². The van der Waals surface area contributed by atoms with Crippen LogP contribution >= 0.6 is 0 Å². The molecule has 0 spiro atoms. The Bertz CT molecular complexity index is 744. The number of fused-ring (bicyclic) bond motifs is 1. The van der Waals surface area contributed by atoms with E-state index in [0.29, 0.717) is 22.9 Å². The van der Waals surface area contributed by atoms with Gasteiger partial charge < -0.3 is 10.1 Å². The second-order valence-corrected chi connectivity index (χ2v) is 6.30. The highest BCUT2D eigenvalue weighted by molar-refractivity contribution is 5.92. The zero-order valence-corrected chi connectivity index (χ0v) is 12.3. The van der Waals surface area contributed by atoms with Crippen LogP contribution in [0.25, 0.3) is 11.0 Å². The Morgan fingerprint density at radius 2 is 2.10 bits per heavy atom. The number of carboxylic acids is 1. The maximum Gasteiger partial charge on any atom is 0.335 e. The molecule has 1 heterocycles. The lowest BCUT2D eigenvalue weighted by Gasteiger charge is -2.33. The van der Waals surface area contributed by atoms with Crippen molar-refractivity contribution in [2.75, 3.05) is 0 Å². The molecule has 0 radical (unpaired) electrons. The molecular formula is C16H20N2O3. The lowest BCUT2D eigenvalue weighted by atomic mass is 9.79. The van der Waals surface area contributed by atoms with Gasteiger partial charge >= 0.3 is 11.7 Å². The number of hydrogen-bond acceptors (Lipinski definition) is 2. The van der Waals surface area contributed by atoms with E-state index in [1.54, 1.807) is 16.7 Å². The molecule has 5 heteroatoms.